The minimum atomic E-state index is -0.437. The SMILES string of the molecule is Cl.O=C1CCc2cc(F)c(NC(=O)[C@@]34CCCC[C@H]3CNC4)cc2N1. The fraction of sp³-hybridized carbons (Fsp3) is 0.556. The molecule has 0 unspecified atom stereocenters. The van der Waals surface area contributed by atoms with Gasteiger partial charge in [0.2, 0.25) is 11.8 Å². The summed E-state index contributed by atoms with van der Waals surface area (Å²) in [5.41, 5.74) is 1.11. The molecule has 25 heavy (non-hydrogen) atoms. The van der Waals surface area contributed by atoms with E-state index < -0.39 is 11.2 Å². The zero-order chi connectivity index (χ0) is 16.7. The Bertz CT molecular complexity index is 712. The minimum absolute atomic E-state index is 0. The minimum Gasteiger partial charge on any atom is -0.326 e. The summed E-state index contributed by atoms with van der Waals surface area (Å²) in [5.74, 6) is -0.282. The fourth-order valence-corrected chi connectivity index (χ4v) is 4.43. The molecule has 2 fully saturated rings. The van der Waals surface area contributed by atoms with Gasteiger partial charge in [-0.3, -0.25) is 9.59 Å². The van der Waals surface area contributed by atoms with Crippen LogP contribution < -0.4 is 16.0 Å². The summed E-state index contributed by atoms with van der Waals surface area (Å²) in [6.45, 7) is 1.52. The second-order valence-electron chi connectivity index (χ2n) is 7.22. The van der Waals surface area contributed by atoms with Crippen LogP contribution in [0, 0.1) is 17.2 Å². The number of hydrogen-bond acceptors (Lipinski definition) is 3. The third kappa shape index (κ3) is 3.13. The number of carbonyl (C=O) groups is 2. The molecule has 2 aliphatic heterocycles. The van der Waals surface area contributed by atoms with Gasteiger partial charge in [-0.1, -0.05) is 12.8 Å². The van der Waals surface area contributed by atoms with Crippen LogP contribution in [0.5, 0.6) is 0 Å². The predicted octanol–water partition coefficient (Wildman–Crippen LogP) is 2.85. The summed E-state index contributed by atoms with van der Waals surface area (Å²) >= 11 is 0. The van der Waals surface area contributed by atoms with Crippen LogP contribution in [0.4, 0.5) is 15.8 Å². The molecule has 7 heteroatoms. The molecule has 0 bridgehead atoms. The molecule has 2 amide bonds. The van der Waals surface area contributed by atoms with Gasteiger partial charge in [0.05, 0.1) is 11.1 Å². The highest BCUT2D eigenvalue weighted by atomic mass is 35.5. The number of aryl methyl sites for hydroxylation is 1. The maximum absolute atomic E-state index is 14.4. The van der Waals surface area contributed by atoms with E-state index in [0.29, 0.717) is 31.0 Å². The summed E-state index contributed by atoms with van der Waals surface area (Å²) in [4.78, 5) is 24.5. The lowest BCUT2D eigenvalue weighted by Gasteiger charge is -2.37. The maximum atomic E-state index is 14.4. The van der Waals surface area contributed by atoms with Crippen LogP contribution >= 0.6 is 12.4 Å². The van der Waals surface area contributed by atoms with E-state index >= 15 is 0 Å². The van der Waals surface area contributed by atoms with Crippen molar-refractivity contribution in [3.8, 4) is 0 Å². The molecule has 3 N–H and O–H groups in total. The van der Waals surface area contributed by atoms with E-state index in [2.05, 4.69) is 16.0 Å². The van der Waals surface area contributed by atoms with Gasteiger partial charge < -0.3 is 16.0 Å². The summed E-state index contributed by atoms with van der Waals surface area (Å²) in [5, 5.41) is 8.89. The van der Waals surface area contributed by atoms with Gasteiger partial charge in [-0.2, -0.15) is 0 Å². The second kappa shape index (κ2) is 6.92. The molecule has 1 aliphatic carbocycles. The molecule has 1 saturated carbocycles. The van der Waals surface area contributed by atoms with Crippen molar-refractivity contribution in [3.63, 3.8) is 0 Å². The van der Waals surface area contributed by atoms with Crippen molar-refractivity contribution in [2.75, 3.05) is 23.7 Å². The van der Waals surface area contributed by atoms with Gasteiger partial charge in [0, 0.05) is 18.7 Å². The average molecular weight is 368 g/mol. The summed E-state index contributed by atoms with van der Waals surface area (Å²) < 4.78 is 14.4. The largest absolute Gasteiger partial charge is 0.326 e. The quantitative estimate of drug-likeness (QED) is 0.752. The highest BCUT2D eigenvalue weighted by Crippen LogP contribution is 2.44. The number of hydrogen-bond donors (Lipinski definition) is 3. The van der Waals surface area contributed by atoms with Crippen LogP contribution in [0.1, 0.15) is 37.7 Å². The Balaban J connectivity index is 0.00000182. The molecular formula is C18H23ClFN3O2. The van der Waals surface area contributed by atoms with E-state index in [1.54, 1.807) is 6.07 Å². The van der Waals surface area contributed by atoms with Gasteiger partial charge in [-0.15, -0.1) is 12.4 Å². The Morgan fingerprint density at radius 2 is 2.12 bits per heavy atom. The van der Waals surface area contributed by atoms with Crippen molar-refractivity contribution in [1.29, 1.82) is 0 Å². The Morgan fingerprint density at radius 1 is 1.28 bits per heavy atom. The number of amides is 2. The Labute approximate surface area is 152 Å². The van der Waals surface area contributed by atoms with Crippen molar-refractivity contribution in [2.45, 2.75) is 38.5 Å². The van der Waals surface area contributed by atoms with Gasteiger partial charge in [-0.05, 0) is 49.4 Å². The highest BCUT2D eigenvalue weighted by Gasteiger charge is 2.49. The smallest absolute Gasteiger partial charge is 0.232 e. The number of carbonyl (C=O) groups excluding carboxylic acids is 2. The van der Waals surface area contributed by atoms with Crippen LogP contribution in [-0.2, 0) is 16.0 Å². The number of nitrogens with one attached hydrogen (secondary N) is 3. The molecule has 1 saturated heterocycles. The first-order chi connectivity index (χ1) is 11.6. The normalized spacial score (nSPS) is 27.6. The topological polar surface area (TPSA) is 70.2 Å². The highest BCUT2D eigenvalue weighted by molar-refractivity contribution is 5.98. The van der Waals surface area contributed by atoms with Gasteiger partial charge >= 0.3 is 0 Å². The van der Waals surface area contributed by atoms with Gasteiger partial charge in [0.25, 0.3) is 0 Å². The molecule has 1 aromatic carbocycles. The number of rotatable bonds is 2. The van der Waals surface area contributed by atoms with E-state index in [0.717, 1.165) is 37.8 Å². The molecule has 0 aromatic heterocycles. The number of benzene rings is 1. The Hall–Kier alpha value is -1.66. The Morgan fingerprint density at radius 3 is 2.96 bits per heavy atom. The maximum Gasteiger partial charge on any atom is 0.232 e. The van der Waals surface area contributed by atoms with Crippen molar-refractivity contribution in [1.82, 2.24) is 5.32 Å². The van der Waals surface area contributed by atoms with E-state index in [4.69, 9.17) is 0 Å². The van der Waals surface area contributed by atoms with Gasteiger partial charge in [0.15, 0.2) is 0 Å². The summed E-state index contributed by atoms with van der Waals surface area (Å²) in [7, 11) is 0. The first-order valence-electron chi connectivity index (χ1n) is 8.73. The van der Waals surface area contributed by atoms with Crippen LogP contribution in [-0.4, -0.2) is 24.9 Å². The molecule has 2 atom stereocenters. The molecule has 136 valence electrons. The van der Waals surface area contributed by atoms with Crippen LogP contribution in [0.15, 0.2) is 12.1 Å². The zero-order valence-electron chi connectivity index (χ0n) is 14.0. The molecule has 1 aromatic rings. The first-order valence-corrected chi connectivity index (χ1v) is 8.73. The van der Waals surface area contributed by atoms with E-state index in [1.807, 2.05) is 0 Å². The average Bonchev–Trinajstić information content (AvgIpc) is 3.01. The second-order valence-corrected chi connectivity index (χ2v) is 7.22. The third-order valence-corrected chi connectivity index (χ3v) is 5.83. The number of fused-ring (bicyclic) bond motifs is 2. The number of anilines is 2. The predicted molar refractivity (Wildman–Crippen MR) is 96.5 cm³/mol. The molecule has 2 heterocycles. The first kappa shape index (κ1) is 18.1. The van der Waals surface area contributed by atoms with Gasteiger partial charge in [-0.25, -0.2) is 4.39 Å². The van der Waals surface area contributed by atoms with Crippen molar-refractivity contribution < 1.29 is 14.0 Å². The van der Waals surface area contributed by atoms with Crippen molar-refractivity contribution in [3.05, 3.63) is 23.5 Å². The van der Waals surface area contributed by atoms with Crippen LogP contribution in [0.2, 0.25) is 0 Å². The van der Waals surface area contributed by atoms with E-state index in [-0.39, 0.29) is 29.9 Å². The molecule has 0 radical (unpaired) electrons. The van der Waals surface area contributed by atoms with Crippen LogP contribution in [0.3, 0.4) is 0 Å². The molecule has 5 nitrogen and oxygen atoms in total. The number of halogens is 2. The monoisotopic (exact) mass is 367 g/mol. The zero-order valence-corrected chi connectivity index (χ0v) is 14.8. The fourth-order valence-electron chi connectivity index (χ4n) is 4.43. The summed E-state index contributed by atoms with van der Waals surface area (Å²) in [6, 6.07) is 2.98. The van der Waals surface area contributed by atoms with Crippen LogP contribution in [0.25, 0.3) is 0 Å². The Kier molecular flexibility index (Phi) is 5.02. The standard InChI is InChI=1S/C18H22FN3O2.ClH/c19-13-7-11-4-5-16(23)21-14(11)8-15(13)22-17(24)18-6-2-1-3-12(18)9-20-10-18;/h7-8,12,20H,1-6,9-10H2,(H,21,23)(H,22,24);1H/t12-,18+;/m0./s1. The lowest BCUT2D eigenvalue weighted by atomic mass is 9.67. The van der Waals surface area contributed by atoms with Crippen molar-refractivity contribution >= 4 is 35.6 Å². The molecule has 0 spiro atoms. The lowest BCUT2D eigenvalue weighted by molar-refractivity contribution is -0.128. The molecule has 3 aliphatic rings. The third-order valence-electron chi connectivity index (χ3n) is 5.83. The van der Waals surface area contributed by atoms with Gasteiger partial charge in [0.1, 0.15) is 5.82 Å². The van der Waals surface area contributed by atoms with E-state index in [1.165, 1.54) is 6.07 Å². The molecular weight excluding hydrogens is 345 g/mol. The van der Waals surface area contributed by atoms with E-state index in [9.17, 15) is 14.0 Å². The molecule has 4 rings (SSSR count). The lowest BCUT2D eigenvalue weighted by Crippen LogP contribution is -2.44. The summed E-state index contributed by atoms with van der Waals surface area (Å²) in [6.07, 6.45) is 4.98. The van der Waals surface area contributed by atoms with Crippen molar-refractivity contribution in [2.24, 2.45) is 11.3 Å².